The van der Waals surface area contributed by atoms with Crippen LogP contribution in [0, 0.1) is 0 Å². The molecule has 0 aromatic heterocycles. The highest BCUT2D eigenvalue weighted by atomic mass is 31.2. The number of amides is 1. The highest BCUT2D eigenvalue weighted by molar-refractivity contribution is 7.54. The van der Waals surface area contributed by atoms with Crippen molar-refractivity contribution in [3.05, 3.63) is 71.8 Å². The zero-order valence-electron chi connectivity index (χ0n) is 16.8. The van der Waals surface area contributed by atoms with Crippen molar-refractivity contribution in [2.45, 2.75) is 45.3 Å². The standard InChI is InChI=1S/C22H30NO4P/c1-4-26-28(25,27-5-2)21(16-19-12-8-6-9-13-19)17-22(24)23-18(3)20-14-10-7-11-15-20/h6-15,18,21H,4-5,16-17H2,1-3H3,(H,23,24). The van der Waals surface area contributed by atoms with Gasteiger partial charge in [-0.05, 0) is 38.3 Å². The third kappa shape index (κ3) is 6.59. The molecular weight excluding hydrogens is 373 g/mol. The first kappa shape index (κ1) is 22.4. The first-order valence-electron chi connectivity index (χ1n) is 9.75. The van der Waals surface area contributed by atoms with Gasteiger partial charge in [0.2, 0.25) is 5.91 Å². The van der Waals surface area contributed by atoms with Gasteiger partial charge >= 0.3 is 7.60 Å². The Labute approximate surface area is 168 Å². The fourth-order valence-corrected chi connectivity index (χ4v) is 5.17. The van der Waals surface area contributed by atoms with Gasteiger partial charge < -0.3 is 14.4 Å². The highest BCUT2D eigenvalue weighted by Gasteiger charge is 2.37. The topological polar surface area (TPSA) is 64.6 Å². The summed E-state index contributed by atoms with van der Waals surface area (Å²) in [5.41, 5.74) is 1.47. The van der Waals surface area contributed by atoms with Gasteiger partial charge in [-0.15, -0.1) is 0 Å². The third-order valence-corrected chi connectivity index (χ3v) is 6.97. The molecule has 0 saturated heterocycles. The van der Waals surface area contributed by atoms with Crippen molar-refractivity contribution in [1.82, 2.24) is 5.32 Å². The second-order valence-corrected chi connectivity index (χ2v) is 8.95. The minimum atomic E-state index is -3.43. The van der Waals surface area contributed by atoms with Crippen molar-refractivity contribution in [2.24, 2.45) is 0 Å². The van der Waals surface area contributed by atoms with Crippen molar-refractivity contribution < 1.29 is 18.4 Å². The molecule has 6 heteroatoms. The Balaban J connectivity index is 2.15. The lowest BCUT2D eigenvalue weighted by Crippen LogP contribution is -2.31. The van der Waals surface area contributed by atoms with E-state index < -0.39 is 13.3 Å². The van der Waals surface area contributed by atoms with E-state index >= 15 is 0 Å². The van der Waals surface area contributed by atoms with E-state index in [4.69, 9.17) is 9.05 Å². The van der Waals surface area contributed by atoms with Crippen LogP contribution < -0.4 is 5.32 Å². The summed E-state index contributed by atoms with van der Waals surface area (Å²) < 4.78 is 24.5. The van der Waals surface area contributed by atoms with Crippen LogP contribution in [0.4, 0.5) is 0 Å². The molecule has 0 radical (unpaired) electrons. The van der Waals surface area contributed by atoms with E-state index in [9.17, 15) is 9.36 Å². The summed E-state index contributed by atoms with van der Waals surface area (Å²) >= 11 is 0. The average molecular weight is 403 g/mol. The number of carbonyl (C=O) groups excluding carboxylic acids is 1. The second-order valence-electron chi connectivity index (χ2n) is 6.62. The SMILES string of the molecule is CCOP(=O)(OCC)C(CC(=O)NC(C)c1ccccc1)Cc1ccccc1. The highest BCUT2D eigenvalue weighted by Crippen LogP contribution is 2.55. The normalized spacial score (nSPS) is 13.7. The molecule has 2 aromatic rings. The number of hydrogen-bond acceptors (Lipinski definition) is 4. The van der Waals surface area contributed by atoms with Crippen molar-refractivity contribution in [3.8, 4) is 0 Å². The third-order valence-electron chi connectivity index (χ3n) is 4.48. The average Bonchev–Trinajstić information content (AvgIpc) is 2.69. The lowest BCUT2D eigenvalue weighted by Gasteiger charge is -2.26. The molecule has 28 heavy (non-hydrogen) atoms. The predicted octanol–water partition coefficient (Wildman–Crippen LogP) is 5.13. The van der Waals surface area contributed by atoms with Gasteiger partial charge in [0.15, 0.2) is 0 Å². The summed E-state index contributed by atoms with van der Waals surface area (Å²) in [5.74, 6) is -0.170. The van der Waals surface area contributed by atoms with E-state index in [2.05, 4.69) is 5.32 Å². The fraction of sp³-hybridized carbons (Fsp3) is 0.409. The molecule has 2 unspecified atom stereocenters. The Bertz CT molecular complexity index is 757. The fourth-order valence-electron chi connectivity index (χ4n) is 3.13. The molecule has 2 rings (SSSR count). The van der Waals surface area contributed by atoms with Crippen LogP contribution in [0.15, 0.2) is 60.7 Å². The number of rotatable bonds is 11. The molecule has 0 spiro atoms. The van der Waals surface area contributed by atoms with Crippen LogP contribution in [0.1, 0.15) is 44.4 Å². The van der Waals surface area contributed by atoms with Gasteiger partial charge in [0.1, 0.15) is 0 Å². The molecule has 1 amide bonds. The van der Waals surface area contributed by atoms with E-state index in [1.807, 2.05) is 67.6 Å². The molecule has 0 bridgehead atoms. The monoisotopic (exact) mass is 403 g/mol. The molecule has 0 aliphatic carbocycles. The molecule has 0 aliphatic heterocycles. The minimum Gasteiger partial charge on any atom is -0.350 e. The summed E-state index contributed by atoms with van der Waals surface area (Å²) in [4.78, 5) is 12.7. The number of carbonyl (C=O) groups is 1. The van der Waals surface area contributed by atoms with E-state index in [1.54, 1.807) is 13.8 Å². The molecule has 2 atom stereocenters. The van der Waals surface area contributed by atoms with Crippen molar-refractivity contribution in [2.75, 3.05) is 13.2 Å². The molecular formula is C22H30NO4P. The van der Waals surface area contributed by atoms with Crippen LogP contribution in [0.2, 0.25) is 0 Å². The lowest BCUT2D eigenvalue weighted by molar-refractivity contribution is -0.121. The van der Waals surface area contributed by atoms with Crippen LogP contribution >= 0.6 is 7.60 Å². The molecule has 2 aromatic carbocycles. The van der Waals surface area contributed by atoms with Gasteiger partial charge in [-0.3, -0.25) is 9.36 Å². The molecule has 0 heterocycles. The van der Waals surface area contributed by atoms with Crippen LogP contribution in [0.5, 0.6) is 0 Å². The van der Waals surface area contributed by atoms with Gasteiger partial charge in [-0.1, -0.05) is 60.7 Å². The predicted molar refractivity (Wildman–Crippen MR) is 112 cm³/mol. The van der Waals surface area contributed by atoms with Crippen molar-refractivity contribution in [3.63, 3.8) is 0 Å². The second kappa shape index (κ2) is 11.2. The molecule has 0 saturated carbocycles. The van der Waals surface area contributed by atoms with Crippen LogP contribution in [-0.2, 0) is 24.8 Å². The first-order chi connectivity index (χ1) is 13.5. The number of benzene rings is 2. The number of nitrogens with one attached hydrogen (secondary N) is 1. The van der Waals surface area contributed by atoms with Gasteiger partial charge in [0.05, 0.1) is 24.9 Å². The van der Waals surface area contributed by atoms with Crippen LogP contribution in [0.3, 0.4) is 0 Å². The zero-order valence-corrected chi connectivity index (χ0v) is 17.7. The van der Waals surface area contributed by atoms with E-state index in [1.165, 1.54) is 0 Å². The van der Waals surface area contributed by atoms with Gasteiger partial charge in [0, 0.05) is 6.42 Å². The molecule has 0 aliphatic rings. The van der Waals surface area contributed by atoms with Crippen LogP contribution in [0.25, 0.3) is 0 Å². The zero-order chi connectivity index (χ0) is 20.4. The summed E-state index contributed by atoms with van der Waals surface area (Å²) in [6.07, 6.45) is 0.522. The molecule has 152 valence electrons. The summed E-state index contributed by atoms with van der Waals surface area (Å²) in [5, 5.41) is 3.00. The Morgan fingerprint density at radius 3 is 2.04 bits per heavy atom. The van der Waals surface area contributed by atoms with E-state index in [-0.39, 0.29) is 31.6 Å². The quantitative estimate of drug-likeness (QED) is 0.528. The Kier molecular flexibility index (Phi) is 8.91. The van der Waals surface area contributed by atoms with Gasteiger partial charge in [-0.25, -0.2) is 0 Å². The molecule has 1 N–H and O–H groups in total. The summed E-state index contributed by atoms with van der Waals surface area (Å²) in [7, 11) is -3.43. The maximum Gasteiger partial charge on any atom is 0.334 e. The smallest absolute Gasteiger partial charge is 0.334 e. The summed E-state index contributed by atoms with van der Waals surface area (Å²) in [6, 6.07) is 19.3. The Hall–Kier alpha value is -1.94. The first-order valence-corrected chi connectivity index (χ1v) is 11.4. The van der Waals surface area contributed by atoms with E-state index in [0.29, 0.717) is 6.42 Å². The number of hydrogen-bond donors (Lipinski definition) is 1. The Morgan fingerprint density at radius 1 is 0.964 bits per heavy atom. The molecule has 0 fully saturated rings. The van der Waals surface area contributed by atoms with E-state index in [0.717, 1.165) is 11.1 Å². The minimum absolute atomic E-state index is 0.0728. The largest absolute Gasteiger partial charge is 0.350 e. The van der Waals surface area contributed by atoms with Gasteiger partial charge in [0.25, 0.3) is 0 Å². The van der Waals surface area contributed by atoms with Gasteiger partial charge in [-0.2, -0.15) is 0 Å². The van der Waals surface area contributed by atoms with Crippen LogP contribution in [-0.4, -0.2) is 24.8 Å². The maximum atomic E-state index is 13.4. The maximum absolute atomic E-state index is 13.4. The van der Waals surface area contributed by atoms with Crippen molar-refractivity contribution in [1.29, 1.82) is 0 Å². The van der Waals surface area contributed by atoms with Crippen molar-refractivity contribution >= 4 is 13.5 Å². The lowest BCUT2D eigenvalue weighted by atomic mass is 10.1. The Morgan fingerprint density at radius 2 is 1.50 bits per heavy atom. The molecule has 5 nitrogen and oxygen atoms in total. The summed E-state index contributed by atoms with van der Waals surface area (Å²) in [6.45, 7) is 6.03.